The fraction of sp³-hybridized carbons (Fsp3) is 0.409. The zero-order chi connectivity index (χ0) is 18.5. The Bertz CT molecular complexity index is 770. The normalized spacial score (nSPS) is 17.3. The van der Waals surface area contributed by atoms with Crippen LogP contribution in [-0.4, -0.2) is 55.0 Å². The minimum absolute atomic E-state index is 0.103. The van der Waals surface area contributed by atoms with Crippen molar-refractivity contribution in [3.8, 4) is 5.75 Å². The third-order valence-electron chi connectivity index (χ3n) is 5.32. The van der Waals surface area contributed by atoms with E-state index in [4.69, 9.17) is 4.74 Å². The molecule has 1 amide bonds. The lowest BCUT2D eigenvalue weighted by Crippen LogP contribution is -2.49. The molecule has 0 aromatic heterocycles. The molecular formula is C22H27N3O2. The van der Waals surface area contributed by atoms with E-state index in [9.17, 15) is 4.79 Å². The number of piperazine rings is 1. The van der Waals surface area contributed by atoms with Gasteiger partial charge in [-0.1, -0.05) is 42.5 Å². The van der Waals surface area contributed by atoms with Crippen molar-refractivity contribution in [1.82, 2.24) is 15.1 Å². The van der Waals surface area contributed by atoms with Crippen molar-refractivity contribution in [3.63, 3.8) is 0 Å². The summed E-state index contributed by atoms with van der Waals surface area (Å²) in [6.45, 7) is 6.74. The lowest BCUT2D eigenvalue weighted by Gasteiger charge is -2.34. The molecule has 1 fully saturated rings. The van der Waals surface area contributed by atoms with Crippen LogP contribution in [0.5, 0.6) is 5.75 Å². The van der Waals surface area contributed by atoms with Gasteiger partial charge in [0.05, 0.1) is 13.2 Å². The molecule has 0 spiro atoms. The van der Waals surface area contributed by atoms with Crippen molar-refractivity contribution in [2.75, 3.05) is 39.3 Å². The molecule has 2 aliphatic rings. The van der Waals surface area contributed by atoms with Crippen molar-refractivity contribution in [2.45, 2.75) is 19.5 Å². The van der Waals surface area contributed by atoms with Crippen LogP contribution in [0.15, 0.2) is 48.5 Å². The smallest absolute Gasteiger partial charge is 0.234 e. The van der Waals surface area contributed by atoms with Gasteiger partial charge in [0.15, 0.2) is 0 Å². The van der Waals surface area contributed by atoms with Gasteiger partial charge in [0.25, 0.3) is 0 Å². The number of amides is 1. The Morgan fingerprint density at radius 3 is 2.56 bits per heavy atom. The summed E-state index contributed by atoms with van der Waals surface area (Å²) in [5, 5.41) is 3.02. The summed E-state index contributed by atoms with van der Waals surface area (Å²) in [6.07, 6.45) is 1.02. The first-order chi connectivity index (χ1) is 13.3. The highest BCUT2D eigenvalue weighted by Gasteiger charge is 2.20. The van der Waals surface area contributed by atoms with E-state index in [0.29, 0.717) is 13.1 Å². The largest absolute Gasteiger partial charge is 0.493 e. The number of hydrogen-bond donors (Lipinski definition) is 1. The number of carbonyl (C=O) groups is 1. The standard InChI is InChI=1S/C22H27N3O2/c26-22(23-15-18-4-2-1-3-5-18)17-25-11-9-24(10-12-25)16-19-6-7-21-20(14-19)8-13-27-21/h1-7,14H,8-13,15-17H2,(H,23,26). The van der Waals surface area contributed by atoms with Crippen molar-refractivity contribution in [1.29, 1.82) is 0 Å². The first-order valence-electron chi connectivity index (χ1n) is 9.76. The quantitative estimate of drug-likeness (QED) is 0.851. The zero-order valence-electron chi connectivity index (χ0n) is 15.7. The van der Waals surface area contributed by atoms with E-state index in [1.165, 1.54) is 11.1 Å². The fourth-order valence-corrected chi connectivity index (χ4v) is 3.76. The molecule has 1 saturated heterocycles. The Kier molecular flexibility index (Phi) is 5.70. The first-order valence-corrected chi connectivity index (χ1v) is 9.76. The number of rotatable bonds is 6. The molecule has 4 rings (SSSR count). The highest BCUT2D eigenvalue weighted by molar-refractivity contribution is 5.78. The number of nitrogens with one attached hydrogen (secondary N) is 1. The van der Waals surface area contributed by atoms with E-state index in [1.807, 2.05) is 30.3 Å². The highest BCUT2D eigenvalue weighted by atomic mass is 16.5. The molecule has 142 valence electrons. The van der Waals surface area contributed by atoms with Gasteiger partial charge < -0.3 is 10.1 Å². The molecule has 0 saturated carbocycles. The van der Waals surface area contributed by atoms with Gasteiger partial charge >= 0.3 is 0 Å². The van der Waals surface area contributed by atoms with E-state index in [2.05, 4.69) is 33.3 Å². The van der Waals surface area contributed by atoms with Crippen LogP contribution in [0.1, 0.15) is 16.7 Å². The number of benzene rings is 2. The molecule has 2 heterocycles. The summed E-state index contributed by atoms with van der Waals surface area (Å²) in [4.78, 5) is 16.9. The highest BCUT2D eigenvalue weighted by Crippen LogP contribution is 2.26. The van der Waals surface area contributed by atoms with Gasteiger partial charge in [-0.05, 0) is 22.8 Å². The Balaban J connectivity index is 1.19. The lowest BCUT2D eigenvalue weighted by molar-refractivity contribution is -0.122. The van der Waals surface area contributed by atoms with Crippen LogP contribution in [0.3, 0.4) is 0 Å². The van der Waals surface area contributed by atoms with E-state index in [0.717, 1.165) is 57.1 Å². The zero-order valence-corrected chi connectivity index (χ0v) is 15.7. The van der Waals surface area contributed by atoms with Gasteiger partial charge in [0.2, 0.25) is 5.91 Å². The van der Waals surface area contributed by atoms with Crippen LogP contribution in [0.4, 0.5) is 0 Å². The summed E-state index contributed by atoms with van der Waals surface area (Å²) >= 11 is 0. The summed E-state index contributed by atoms with van der Waals surface area (Å²) in [5.41, 5.74) is 3.82. The van der Waals surface area contributed by atoms with Crippen LogP contribution >= 0.6 is 0 Å². The average molecular weight is 365 g/mol. The van der Waals surface area contributed by atoms with Gasteiger partial charge in [0, 0.05) is 45.7 Å². The second-order valence-corrected chi connectivity index (χ2v) is 7.36. The van der Waals surface area contributed by atoms with Crippen LogP contribution < -0.4 is 10.1 Å². The maximum atomic E-state index is 12.2. The molecular weight excluding hydrogens is 338 g/mol. The third kappa shape index (κ3) is 4.87. The Labute approximate surface area is 160 Å². The summed E-state index contributed by atoms with van der Waals surface area (Å²) < 4.78 is 5.58. The third-order valence-corrected chi connectivity index (χ3v) is 5.32. The number of nitrogens with zero attached hydrogens (tertiary/aromatic N) is 2. The van der Waals surface area contributed by atoms with Crippen molar-refractivity contribution in [2.24, 2.45) is 0 Å². The minimum Gasteiger partial charge on any atom is -0.493 e. The summed E-state index contributed by atoms with van der Waals surface area (Å²) in [5.74, 6) is 1.15. The molecule has 0 unspecified atom stereocenters. The topological polar surface area (TPSA) is 44.8 Å². The maximum absolute atomic E-state index is 12.2. The first kappa shape index (κ1) is 18.0. The van der Waals surface area contributed by atoms with E-state index >= 15 is 0 Å². The van der Waals surface area contributed by atoms with Gasteiger partial charge in [0.1, 0.15) is 5.75 Å². The molecule has 0 radical (unpaired) electrons. The van der Waals surface area contributed by atoms with Crippen molar-refractivity contribution < 1.29 is 9.53 Å². The fourth-order valence-electron chi connectivity index (χ4n) is 3.76. The monoisotopic (exact) mass is 365 g/mol. The van der Waals surface area contributed by atoms with Crippen molar-refractivity contribution >= 4 is 5.91 Å². The number of hydrogen-bond acceptors (Lipinski definition) is 4. The van der Waals surface area contributed by atoms with Crippen LogP contribution in [0, 0.1) is 0 Å². The SMILES string of the molecule is O=C(CN1CCN(Cc2ccc3c(c2)CCO3)CC1)NCc1ccccc1. The van der Waals surface area contributed by atoms with Gasteiger partial charge in [-0.25, -0.2) is 0 Å². The molecule has 0 aliphatic carbocycles. The molecule has 5 nitrogen and oxygen atoms in total. The minimum atomic E-state index is 0.103. The molecule has 2 aromatic rings. The average Bonchev–Trinajstić information content (AvgIpc) is 3.17. The molecule has 2 aromatic carbocycles. The predicted molar refractivity (Wildman–Crippen MR) is 106 cm³/mol. The van der Waals surface area contributed by atoms with E-state index < -0.39 is 0 Å². The van der Waals surface area contributed by atoms with Crippen LogP contribution in [0.25, 0.3) is 0 Å². The molecule has 0 bridgehead atoms. The molecule has 2 aliphatic heterocycles. The van der Waals surface area contributed by atoms with Crippen LogP contribution in [-0.2, 0) is 24.3 Å². The van der Waals surface area contributed by atoms with Crippen LogP contribution in [0.2, 0.25) is 0 Å². The summed E-state index contributed by atoms with van der Waals surface area (Å²) in [6, 6.07) is 16.6. The summed E-state index contributed by atoms with van der Waals surface area (Å²) in [7, 11) is 0. The Hall–Kier alpha value is -2.37. The molecule has 1 N–H and O–H groups in total. The second-order valence-electron chi connectivity index (χ2n) is 7.36. The Morgan fingerprint density at radius 2 is 1.74 bits per heavy atom. The Morgan fingerprint density at radius 1 is 0.963 bits per heavy atom. The maximum Gasteiger partial charge on any atom is 0.234 e. The van der Waals surface area contributed by atoms with E-state index in [-0.39, 0.29) is 5.91 Å². The number of fused-ring (bicyclic) bond motifs is 1. The van der Waals surface area contributed by atoms with Gasteiger partial charge in [-0.3, -0.25) is 14.6 Å². The molecule has 27 heavy (non-hydrogen) atoms. The van der Waals surface area contributed by atoms with Gasteiger partial charge in [-0.15, -0.1) is 0 Å². The van der Waals surface area contributed by atoms with Crippen molar-refractivity contribution in [3.05, 3.63) is 65.2 Å². The lowest BCUT2D eigenvalue weighted by atomic mass is 10.1. The number of ether oxygens (including phenoxy) is 1. The van der Waals surface area contributed by atoms with E-state index in [1.54, 1.807) is 0 Å². The molecule has 0 atom stereocenters. The predicted octanol–water partition coefficient (Wildman–Crippen LogP) is 2.06. The second kappa shape index (κ2) is 8.55. The number of carbonyl (C=O) groups excluding carboxylic acids is 1. The van der Waals surface area contributed by atoms with Gasteiger partial charge in [-0.2, -0.15) is 0 Å². The molecule has 5 heteroatoms.